The third-order valence-electron chi connectivity index (χ3n) is 2.88. The van der Waals surface area contributed by atoms with Gasteiger partial charge in [0.25, 0.3) is 10.0 Å². The van der Waals surface area contributed by atoms with Gasteiger partial charge in [-0.1, -0.05) is 39.7 Å². The van der Waals surface area contributed by atoms with Crippen molar-refractivity contribution in [3.05, 3.63) is 57.0 Å². The second-order valence-corrected chi connectivity index (χ2v) is 7.48. The molecule has 2 rings (SSSR count). The lowest BCUT2D eigenvalue weighted by atomic mass is 10.2. The summed E-state index contributed by atoms with van der Waals surface area (Å²) in [6.07, 6.45) is 0. The summed E-state index contributed by atoms with van der Waals surface area (Å²) in [6, 6.07) is 10.2. The highest BCUT2D eigenvalue weighted by Gasteiger charge is 2.18. The Labute approximate surface area is 132 Å². The van der Waals surface area contributed by atoms with Gasteiger partial charge in [-0.2, -0.15) is 0 Å². The Balaban J connectivity index is 2.46. The first-order chi connectivity index (χ1) is 9.29. The van der Waals surface area contributed by atoms with Crippen LogP contribution in [0.25, 0.3) is 0 Å². The topological polar surface area (TPSA) is 46.2 Å². The summed E-state index contributed by atoms with van der Waals surface area (Å²) in [5.41, 5.74) is 1.97. The molecule has 106 valence electrons. The van der Waals surface area contributed by atoms with Crippen LogP contribution in [0.3, 0.4) is 0 Å². The van der Waals surface area contributed by atoms with Crippen molar-refractivity contribution in [1.29, 1.82) is 0 Å². The van der Waals surface area contributed by atoms with Gasteiger partial charge >= 0.3 is 0 Å². The Kier molecular flexibility index (Phi) is 4.42. The summed E-state index contributed by atoms with van der Waals surface area (Å²) in [7, 11) is -3.64. The molecule has 0 saturated carbocycles. The van der Waals surface area contributed by atoms with E-state index in [-0.39, 0.29) is 4.90 Å². The van der Waals surface area contributed by atoms with Gasteiger partial charge in [0.05, 0.1) is 10.6 Å². The fraction of sp³-hybridized carbons (Fsp3) is 0.143. The van der Waals surface area contributed by atoms with Gasteiger partial charge in [0.2, 0.25) is 0 Å². The molecule has 0 aromatic heterocycles. The van der Waals surface area contributed by atoms with Gasteiger partial charge < -0.3 is 0 Å². The number of benzene rings is 2. The Morgan fingerprint density at radius 1 is 1.05 bits per heavy atom. The molecule has 0 aliphatic carbocycles. The van der Waals surface area contributed by atoms with Gasteiger partial charge in [0, 0.05) is 9.50 Å². The maximum absolute atomic E-state index is 12.5. The normalized spacial score (nSPS) is 11.4. The number of halogens is 2. The Bertz CT molecular complexity index is 760. The first kappa shape index (κ1) is 15.4. The molecular formula is C14H13BrClNO2S. The van der Waals surface area contributed by atoms with Crippen LogP contribution in [-0.4, -0.2) is 8.42 Å². The second kappa shape index (κ2) is 5.76. The third-order valence-corrected chi connectivity index (χ3v) is 5.12. The maximum atomic E-state index is 12.5. The maximum Gasteiger partial charge on any atom is 0.262 e. The van der Waals surface area contributed by atoms with Crippen LogP contribution in [0.2, 0.25) is 5.02 Å². The van der Waals surface area contributed by atoms with Crippen LogP contribution in [-0.2, 0) is 10.0 Å². The zero-order valence-corrected chi connectivity index (χ0v) is 14.1. The first-order valence-corrected chi connectivity index (χ1v) is 8.50. The van der Waals surface area contributed by atoms with Gasteiger partial charge in [0.15, 0.2) is 0 Å². The summed E-state index contributed by atoms with van der Waals surface area (Å²) in [5.74, 6) is 0. The number of aryl methyl sites for hydroxylation is 2. The molecule has 2 aromatic carbocycles. The summed E-state index contributed by atoms with van der Waals surface area (Å²) in [5, 5.41) is 0.485. The minimum atomic E-state index is -3.64. The second-order valence-electron chi connectivity index (χ2n) is 4.47. The molecule has 0 atom stereocenters. The average molecular weight is 375 g/mol. The number of anilines is 1. The zero-order chi connectivity index (χ0) is 14.9. The van der Waals surface area contributed by atoms with E-state index in [1.807, 2.05) is 6.92 Å². The first-order valence-electron chi connectivity index (χ1n) is 5.85. The lowest BCUT2D eigenvalue weighted by Gasteiger charge is -2.13. The van der Waals surface area contributed by atoms with Crippen molar-refractivity contribution >= 4 is 43.2 Å². The van der Waals surface area contributed by atoms with Crippen molar-refractivity contribution in [2.24, 2.45) is 0 Å². The predicted molar refractivity (Wildman–Crippen MR) is 85.9 cm³/mol. The predicted octanol–water partition coefficient (Wildman–Crippen LogP) is 4.52. The summed E-state index contributed by atoms with van der Waals surface area (Å²) in [6.45, 7) is 3.58. The quantitative estimate of drug-likeness (QED) is 0.858. The molecule has 0 radical (unpaired) electrons. The number of hydrogen-bond acceptors (Lipinski definition) is 2. The zero-order valence-electron chi connectivity index (χ0n) is 10.9. The highest BCUT2D eigenvalue weighted by Crippen LogP contribution is 2.26. The largest absolute Gasteiger partial charge is 0.279 e. The lowest BCUT2D eigenvalue weighted by Crippen LogP contribution is -2.15. The van der Waals surface area contributed by atoms with Crippen LogP contribution in [0.4, 0.5) is 5.69 Å². The molecule has 0 aliphatic heterocycles. The van der Waals surface area contributed by atoms with Crippen molar-refractivity contribution < 1.29 is 8.42 Å². The van der Waals surface area contributed by atoms with Crippen molar-refractivity contribution in [2.45, 2.75) is 18.7 Å². The van der Waals surface area contributed by atoms with E-state index in [4.69, 9.17) is 11.6 Å². The molecule has 0 amide bonds. The van der Waals surface area contributed by atoms with E-state index in [9.17, 15) is 8.42 Å². The van der Waals surface area contributed by atoms with Crippen LogP contribution in [0, 0.1) is 13.8 Å². The van der Waals surface area contributed by atoms with E-state index in [1.165, 1.54) is 0 Å². The van der Waals surface area contributed by atoms with E-state index in [0.29, 0.717) is 20.7 Å². The molecule has 20 heavy (non-hydrogen) atoms. The van der Waals surface area contributed by atoms with Gasteiger partial charge in [-0.15, -0.1) is 0 Å². The van der Waals surface area contributed by atoms with E-state index in [2.05, 4.69) is 20.7 Å². The molecular weight excluding hydrogens is 362 g/mol. The number of rotatable bonds is 3. The Morgan fingerprint density at radius 2 is 1.70 bits per heavy atom. The average Bonchev–Trinajstić information content (AvgIpc) is 2.36. The van der Waals surface area contributed by atoms with Crippen LogP contribution < -0.4 is 4.72 Å². The molecule has 0 heterocycles. The molecule has 0 bridgehead atoms. The highest BCUT2D eigenvalue weighted by molar-refractivity contribution is 9.10. The molecule has 1 N–H and O–H groups in total. The smallest absolute Gasteiger partial charge is 0.262 e. The Morgan fingerprint density at radius 3 is 2.40 bits per heavy atom. The number of hydrogen-bond donors (Lipinski definition) is 1. The summed E-state index contributed by atoms with van der Waals surface area (Å²) in [4.78, 5) is 0.242. The van der Waals surface area contributed by atoms with Crippen LogP contribution in [0.15, 0.2) is 45.8 Å². The number of sulfonamides is 1. The molecule has 0 spiro atoms. The molecule has 3 nitrogen and oxygen atoms in total. The van der Waals surface area contributed by atoms with Gasteiger partial charge in [-0.05, 0) is 49.2 Å². The standard InChI is InChI=1S/C14H13BrClNO2S/c1-9-4-6-12(16)8-13(9)17-20(18,19)14-7-11(15)5-3-10(14)2/h3-8,17H,1-2H3. The monoisotopic (exact) mass is 373 g/mol. The SMILES string of the molecule is Cc1ccc(Cl)cc1NS(=O)(=O)c1cc(Br)ccc1C. The molecule has 0 fully saturated rings. The van der Waals surface area contributed by atoms with Crippen molar-refractivity contribution in [3.63, 3.8) is 0 Å². The third kappa shape index (κ3) is 3.34. The molecule has 0 saturated heterocycles. The van der Waals surface area contributed by atoms with E-state index >= 15 is 0 Å². The molecule has 2 aromatic rings. The van der Waals surface area contributed by atoms with E-state index < -0.39 is 10.0 Å². The fourth-order valence-electron chi connectivity index (χ4n) is 1.77. The van der Waals surface area contributed by atoms with E-state index in [1.54, 1.807) is 43.3 Å². The van der Waals surface area contributed by atoms with Crippen molar-refractivity contribution in [2.75, 3.05) is 4.72 Å². The van der Waals surface area contributed by atoms with Gasteiger partial charge in [-0.3, -0.25) is 4.72 Å². The van der Waals surface area contributed by atoms with Crippen LogP contribution in [0.5, 0.6) is 0 Å². The van der Waals surface area contributed by atoms with E-state index in [0.717, 1.165) is 5.56 Å². The molecule has 0 aliphatic rings. The van der Waals surface area contributed by atoms with Crippen LogP contribution in [0.1, 0.15) is 11.1 Å². The minimum absolute atomic E-state index is 0.242. The van der Waals surface area contributed by atoms with Crippen molar-refractivity contribution in [1.82, 2.24) is 0 Å². The molecule has 6 heteroatoms. The Hall–Kier alpha value is -1.04. The fourth-order valence-corrected chi connectivity index (χ4v) is 3.85. The molecule has 0 unspecified atom stereocenters. The minimum Gasteiger partial charge on any atom is -0.279 e. The lowest BCUT2D eigenvalue weighted by molar-refractivity contribution is 0.600. The van der Waals surface area contributed by atoms with Crippen molar-refractivity contribution in [3.8, 4) is 0 Å². The van der Waals surface area contributed by atoms with Crippen LogP contribution >= 0.6 is 27.5 Å². The van der Waals surface area contributed by atoms with Gasteiger partial charge in [0.1, 0.15) is 0 Å². The summed E-state index contributed by atoms with van der Waals surface area (Å²) >= 11 is 9.19. The highest BCUT2D eigenvalue weighted by atomic mass is 79.9. The number of nitrogens with one attached hydrogen (secondary N) is 1. The van der Waals surface area contributed by atoms with Gasteiger partial charge in [-0.25, -0.2) is 8.42 Å². The summed E-state index contributed by atoms with van der Waals surface area (Å²) < 4.78 is 28.2.